The minimum absolute atomic E-state index is 0.0938. The normalized spacial score (nSPS) is 15.5. The van der Waals surface area contributed by atoms with Gasteiger partial charge in [0.15, 0.2) is 0 Å². The van der Waals surface area contributed by atoms with Crippen LogP contribution in [0.15, 0.2) is 121 Å². The molecule has 4 aromatic carbocycles. The summed E-state index contributed by atoms with van der Waals surface area (Å²) in [4.78, 5) is 14.5. The van der Waals surface area contributed by atoms with Crippen molar-refractivity contribution in [2.24, 2.45) is 0 Å². The van der Waals surface area contributed by atoms with Crippen molar-refractivity contribution in [1.82, 2.24) is 9.97 Å². The van der Waals surface area contributed by atoms with Crippen LogP contribution in [0, 0.1) is 0 Å². The first-order valence-corrected chi connectivity index (χ1v) is 14.6. The number of para-hydroxylation sites is 3. The summed E-state index contributed by atoms with van der Waals surface area (Å²) >= 11 is 0. The second-order valence-corrected chi connectivity index (χ2v) is 12.4. The van der Waals surface area contributed by atoms with E-state index in [-0.39, 0.29) is 10.8 Å². The summed E-state index contributed by atoms with van der Waals surface area (Å²) in [5, 5.41) is 1.12. The van der Waals surface area contributed by atoms with Gasteiger partial charge in [0.05, 0.1) is 22.6 Å². The lowest BCUT2D eigenvalue weighted by molar-refractivity contribution is 0.597. The zero-order valence-corrected chi connectivity index (χ0v) is 24.3. The average molecular weight is 545 g/mol. The molecule has 0 saturated heterocycles. The summed E-state index contributed by atoms with van der Waals surface area (Å²) in [6.07, 6.45) is 1.84. The van der Waals surface area contributed by atoms with E-state index in [9.17, 15) is 0 Å². The van der Waals surface area contributed by atoms with Gasteiger partial charge < -0.3 is 4.90 Å². The van der Waals surface area contributed by atoms with Crippen LogP contribution in [-0.2, 0) is 10.8 Å². The molecule has 0 saturated carbocycles. The molecule has 0 amide bonds. The lowest BCUT2D eigenvalue weighted by Crippen LogP contribution is -2.38. The van der Waals surface area contributed by atoms with Crippen LogP contribution in [0.4, 0.5) is 34.4 Å². The van der Waals surface area contributed by atoms with Crippen LogP contribution in [0.3, 0.4) is 0 Å². The van der Waals surface area contributed by atoms with E-state index in [1.807, 2.05) is 30.5 Å². The first-order valence-electron chi connectivity index (χ1n) is 14.6. The number of nitrogens with zero attached hydrogens (tertiary/aromatic N) is 4. The van der Waals surface area contributed by atoms with Crippen molar-refractivity contribution in [2.75, 3.05) is 9.80 Å². The molecule has 0 bridgehead atoms. The Balaban J connectivity index is 1.37. The van der Waals surface area contributed by atoms with Gasteiger partial charge in [0.2, 0.25) is 0 Å². The number of hydrogen-bond donors (Lipinski definition) is 0. The van der Waals surface area contributed by atoms with Crippen LogP contribution in [-0.4, -0.2) is 9.97 Å². The van der Waals surface area contributed by atoms with Crippen molar-refractivity contribution < 1.29 is 0 Å². The van der Waals surface area contributed by atoms with Gasteiger partial charge in [0.25, 0.3) is 0 Å². The highest BCUT2D eigenvalue weighted by molar-refractivity contribution is 5.94. The van der Waals surface area contributed by atoms with Gasteiger partial charge in [-0.15, -0.1) is 0 Å². The average Bonchev–Trinajstić information content (AvgIpc) is 3.02. The number of hydrogen-bond acceptors (Lipinski definition) is 4. The maximum absolute atomic E-state index is 5.09. The molecule has 204 valence electrons. The molecule has 0 radical (unpaired) electrons. The zero-order valence-electron chi connectivity index (χ0n) is 24.3. The number of benzene rings is 4. The van der Waals surface area contributed by atoms with E-state index in [4.69, 9.17) is 9.97 Å². The van der Waals surface area contributed by atoms with E-state index >= 15 is 0 Å². The first-order chi connectivity index (χ1) is 20.4. The van der Waals surface area contributed by atoms with Crippen molar-refractivity contribution in [3.8, 4) is 0 Å². The summed E-state index contributed by atoms with van der Waals surface area (Å²) in [5.41, 5.74) is 10.8. The minimum atomic E-state index is -0.220. The van der Waals surface area contributed by atoms with Gasteiger partial charge in [-0.25, -0.2) is 9.97 Å². The fraction of sp³-hybridized carbons (Fsp3) is 0.158. The lowest BCUT2D eigenvalue weighted by atomic mass is 9.66. The summed E-state index contributed by atoms with van der Waals surface area (Å²) in [6, 6.07) is 41.1. The molecule has 4 heterocycles. The van der Waals surface area contributed by atoms with E-state index in [2.05, 4.69) is 128 Å². The molecular weight excluding hydrogens is 512 g/mol. The summed E-state index contributed by atoms with van der Waals surface area (Å²) in [7, 11) is 0. The smallest absolute Gasteiger partial charge is 0.139 e. The van der Waals surface area contributed by atoms with E-state index in [1.54, 1.807) is 0 Å². The van der Waals surface area contributed by atoms with Gasteiger partial charge in [-0.1, -0.05) is 88.4 Å². The predicted octanol–water partition coefficient (Wildman–Crippen LogP) is 9.85. The van der Waals surface area contributed by atoms with Crippen LogP contribution >= 0.6 is 0 Å². The van der Waals surface area contributed by atoms with Gasteiger partial charge in [0, 0.05) is 28.1 Å². The lowest BCUT2D eigenvalue weighted by Gasteiger charge is -2.49. The highest BCUT2D eigenvalue weighted by Gasteiger charge is 2.45. The first kappa shape index (κ1) is 24.8. The molecular formula is C38H32N4. The second-order valence-electron chi connectivity index (χ2n) is 12.4. The van der Waals surface area contributed by atoms with Crippen LogP contribution in [0.2, 0.25) is 0 Å². The van der Waals surface area contributed by atoms with Crippen molar-refractivity contribution in [3.63, 3.8) is 0 Å². The Hall–Kier alpha value is -4.96. The van der Waals surface area contributed by atoms with E-state index in [1.165, 1.54) is 39.3 Å². The molecule has 4 heteroatoms. The molecule has 0 aliphatic carbocycles. The Morgan fingerprint density at radius 3 is 2.07 bits per heavy atom. The molecule has 0 unspecified atom stereocenters. The standard InChI is InChI=1S/C38H32N4/c1-37(2)27-13-6-8-17-32(27)42-33-21-20-26(24-30(33)38(3,4)29-15-11-14-28(37)36(29)42)41(34-18-9-10-23-39-34)35-22-19-25-12-5-7-16-31(25)40-35/h5-24H,1-4H3. The minimum Gasteiger partial charge on any atom is -0.309 e. The maximum Gasteiger partial charge on any atom is 0.139 e. The molecule has 4 nitrogen and oxygen atoms in total. The molecule has 42 heavy (non-hydrogen) atoms. The Morgan fingerprint density at radius 2 is 1.26 bits per heavy atom. The number of pyridine rings is 2. The van der Waals surface area contributed by atoms with Crippen molar-refractivity contribution >= 4 is 45.3 Å². The van der Waals surface area contributed by atoms with Gasteiger partial charge in [0.1, 0.15) is 11.6 Å². The fourth-order valence-corrected chi connectivity index (χ4v) is 7.06. The molecule has 2 aliphatic rings. The second kappa shape index (κ2) is 8.77. The van der Waals surface area contributed by atoms with E-state index < -0.39 is 0 Å². The monoisotopic (exact) mass is 544 g/mol. The third-order valence-electron chi connectivity index (χ3n) is 9.27. The molecule has 0 spiro atoms. The van der Waals surface area contributed by atoms with E-state index in [0.717, 1.165) is 28.2 Å². The van der Waals surface area contributed by atoms with Gasteiger partial charge >= 0.3 is 0 Å². The SMILES string of the molecule is CC1(C)c2ccccc2N2c3ccc(N(c4ccccn4)c4ccc5ccccc5n4)cc3C(C)(C)c3cccc1c32. The Kier molecular flexibility index (Phi) is 5.18. The van der Waals surface area contributed by atoms with Crippen molar-refractivity contribution in [3.05, 3.63) is 144 Å². The summed E-state index contributed by atoms with van der Waals surface area (Å²) in [6.45, 7) is 9.42. The van der Waals surface area contributed by atoms with Crippen LogP contribution < -0.4 is 9.80 Å². The third kappa shape index (κ3) is 3.41. The molecule has 0 N–H and O–H groups in total. The fourth-order valence-electron chi connectivity index (χ4n) is 7.06. The maximum atomic E-state index is 5.09. The quantitative estimate of drug-likeness (QED) is 0.222. The topological polar surface area (TPSA) is 32.3 Å². The predicted molar refractivity (Wildman–Crippen MR) is 173 cm³/mol. The highest BCUT2D eigenvalue weighted by Crippen LogP contribution is 2.60. The van der Waals surface area contributed by atoms with Gasteiger partial charge in [-0.3, -0.25) is 4.90 Å². The Labute approximate surface area is 246 Å². The third-order valence-corrected chi connectivity index (χ3v) is 9.27. The summed E-state index contributed by atoms with van der Waals surface area (Å²) < 4.78 is 0. The van der Waals surface area contributed by atoms with Crippen LogP contribution in [0.1, 0.15) is 49.9 Å². The van der Waals surface area contributed by atoms with Crippen molar-refractivity contribution in [2.45, 2.75) is 38.5 Å². The van der Waals surface area contributed by atoms with Gasteiger partial charge in [-0.2, -0.15) is 0 Å². The molecule has 6 aromatic rings. The number of fused-ring (bicyclic) bond motifs is 5. The molecule has 2 aliphatic heterocycles. The summed E-state index contributed by atoms with van der Waals surface area (Å²) in [5.74, 6) is 1.68. The van der Waals surface area contributed by atoms with Gasteiger partial charge in [-0.05, 0) is 76.9 Å². The molecule has 2 aromatic heterocycles. The highest BCUT2D eigenvalue weighted by atomic mass is 15.2. The largest absolute Gasteiger partial charge is 0.309 e. The molecule has 0 atom stereocenters. The number of aromatic nitrogens is 2. The Morgan fingerprint density at radius 1 is 0.571 bits per heavy atom. The molecule has 8 rings (SSSR count). The number of rotatable bonds is 3. The van der Waals surface area contributed by atoms with Crippen molar-refractivity contribution in [1.29, 1.82) is 0 Å². The zero-order chi connectivity index (χ0) is 28.6. The van der Waals surface area contributed by atoms with Crippen LogP contribution in [0.25, 0.3) is 10.9 Å². The Bertz CT molecular complexity index is 2010. The number of anilines is 6. The molecule has 0 fully saturated rings. The van der Waals surface area contributed by atoms with Crippen LogP contribution in [0.5, 0.6) is 0 Å². The van der Waals surface area contributed by atoms with E-state index in [0.29, 0.717) is 0 Å².